The van der Waals surface area contributed by atoms with Crippen molar-refractivity contribution >= 4 is 16.9 Å². The van der Waals surface area contributed by atoms with Crippen LogP contribution in [-0.2, 0) is 6.42 Å². The molecule has 5 rings (SSSR count). The fourth-order valence-corrected chi connectivity index (χ4v) is 6.11. The minimum absolute atomic E-state index is 0.103. The Morgan fingerprint density at radius 3 is 2.62 bits per heavy atom. The summed E-state index contributed by atoms with van der Waals surface area (Å²) < 4.78 is 0. The lowest BCUT2D eigenvalue weighted by atomic mass is 9.74. The maximum absolute atomic E-state index is 13.7. The Morgan fingerprint density at radius 2 is 1.90 bits per heavy atom. The Morgan fingerprint density at radius 1 is 1.08 bits per heavy atom. The van der Waals surface area contributed by atoms with E-state index in [-0.39, 0.29) is 11.3 Å². The average Bonchev–Trinajstić information content (AvgIpc) is 3.41. The van der Waals surface area contributed by atoms with Gasteiger partial charge >= 0.3 is 0 Å². The third-order valence-corrected chi connectivity index (χ3v) is 8.59. The van der Waals surface area contributed by atoms with Crippen molar-refractivity contribution in [1.82, 2.24) is 14.9 Å². The van der Waals surface area contributed by atoms with Crippen molar-refractivity contribution in [3.63, 3.8) is 0 Å². The maximum atomic E-state index is 13.7. The molecule has 1 atom stereocenters. The Labute approximate surface area is 233 Å². The van der Waals surface area contributed by atoms with Crippen molar-refractivity contribution in [3.8, 4) is 11.3 Å². The van der Waals surface area contributed by atoms with E-state index in [2.05, 4.69) is 74.7 Å². The number of hydrogen-bond donors (Lipinski definition) is 0. The van der Waals surface area contributed by atoms with E-state index in [4.69, 9.17) is 9.97 Å². The number of aryl methyl sites for hydroxylation is 2. The fourth-order valence-electron chi connectivity index (χ4n) is 6.11. The first kappa shape index (κ1) is 27.1. The van der Waals surface area contributed by atoms with E-state index in [1.807, 2.05) is 18.2 Å². The lowest BCUT2D eigenvalue weighted by Crippen LogP contribution is -2.33. The molecule has 1 aliphatic heterocycles. The molecule has 1 aliphatic carbocycles. The minimum atomic E-state index is 0.103. The topological polar surface area (TPSA) is 46.1 Å². The molecule has 1 amide bonds. The number of benzene rings is 2. The van der Waals surface area contributed by atoms with Crippen LogP contribution in [0, 0.1) is 12.3 Å². The van der Waals surface area contributed by atoms with Crippen LogP contribution < -0.4 is 0 Å². The SMILES string of the molecule is C=C(C)CCCCc1nc2cc(C(=O)N3CCC(CC)(C4=CC=CCC4)C3)ccc2nc1-c1ccc(C)cc1. The Bertz CT molecular complexity index is 1430. The van der Waals surface area contributed by atoms with Crippen LogP contribution in [0.1, 0.15) is 80.4 Å². The summed E-state index contributed by atoms with van der Waals surface area (Å²) in [5, 5.41) is 0. The second-order valence-corrected chi connectivity index (χ2v) is 11.5. The molecule has 4 nitrogen and oxygen atoms in total. The van der Waals surface area contributed by atoms with Gasteiger partial charge < -0.3 is 4.90 Å². The van der Waals surface area contributed by atoms with Gasteiger partial charge in [0.1, 0.15) is 0 Å². The van der Waals surface area contributed by atoms with E-state index in [0.717, 1.165) is 92.4 Å². The zero-order valence-electron chi connectivity index (χ0n) is 23.8. The second-order valence-electron chi connectivity index (χ2n) is 11.5. The van der Waals surface area contributed by atoms with Gasteiger partial charge in [0, 0.05) is 29.6 Å². The van der Waals surface area contributed by atoms with Gasteiger partial charge in [-0.25, -0.2) is 9.97 Å². The van der Waals surface area contributed by atoms with E-state index >= 15 is 0 Å². The van der Waals surface area contributed by atoms with E-state index in [9.17, 15) is 4.79 Å². The number of allylic oxidation sites excluding steroid dienone is 4. The van der Waals surface area contributed by atoms with Gasteiger partial charge in [0.05, 0.1) is 22.4 Å². The number of fused-ring (bicyclic) bond motifs is 1. The summed E-state index contributed by atoms with van der Waals surface area (Å²) in [5.74, 6) is 0.103. The van der Waals surface area contributed by atoms with Gasteiger partial charge in [-0.05, 0) is 83.4 Å². The monoisotopic (exact) mass is 519 g/mol. The summed E-state index contributed by atoms with van der Waals surface area (Å²) in [7, 11) is 0. The minimum Gasteiger partial charge on any atom is -0.338 e. The number of carbonyl (C=O) groups excluding carboxylic acids is 1. The highest BCUT2D eigenvalue weighted by atomic mass is 16.2. The zero-order valence-corrected chi connectivity index (χ0v) is 23.8. The van der Waals surface area contributed by atoms with Crippen LogP contribution in [0.25, 0.3) is 22.3 Å². The molecule has 0 spiro atoms. The predicted molar refractivity (Wildman–Crippen MR) is 162 cm³/mol. The van der Waals surface area contributed by atoms with Crippen LogP contribution in [-0.4, -0.2) is 33.9 Å². The smallest absolute Gasteiger partial charge is 0.253 e. The van der Waals surface area contributed by atoms with Crippen LogP contribution in [0.2, 0.25) is 0 Å². The quantitative estimate of drug-likeness (QED) is 0.211. The largest absolute Gasteiger partial charge is 0.338 e. The van der Waals surface area contributed by atoms with Gasteiger partial charge in [0.15, 0.2) is 0 Å². The molecule has 2 heterocycles. The van der Waals surface area contributed by atoms with Crippen LogP contribution in [0.15, 0.2) is 78.4 Å². The van der Waals surface area contributed by atoms with Gasteiger partial charge in [-0.1, -0.05) is 66.1 Å². The summed E-state index contributed by atoms with van der Waals surface area (Å²) >= 11 is 0. The van der Waals surface area contributed by atoms with Gasteiger partial charge in [0.25, 0.3) is 5.91 Å². The summed E-state index contributed by atoms with van der Waals surface area (Å²) in [5.41, 5.74) is 9.42. The van der Waals surface area contributed by atoms with Crippen LogP contribution in [0.4, 0.5) is 0 Å². The van der Waals surface area contributed by atoms with E-state index in [0.29, 0.717) is 5.56 Å². The van der Waals surface area contributed by atoms with Crippen molar-refractivity contribution in [2.24, 2.45) is 5.41 Å². The molecular weight excluding hydrogens is 478 g/mol. The first-order valence-electron chi connectivity index (χ1n) is 14.6. The van der Waals surface area contributed by atoms with Gasteiger partial charge in [-0.3, -0.25) is 4.79 Å². The molecule has 2 aromatic carbocycles. The molecule has 1 fully saturated rings. The molecule has 0 bridgehead atoms. The van der Waals surface area contributed by atoms with Gasteiger partial charge in [0.2, 0.25) is 0 Å². The number of aromatic nitrogens is 2. The highest BCUT2D eigenvalue weighted by Gasteiger charge is 2.41. The van der Waals surface area contributed by atoms with Crippen molar-refractivity contribution in [3.05, 3.63) is 95.2 Å². The summed E-state index contributed by atoms with van der Waals surface area (Å²) in [6.07, 6.45) is 15.0. The number of hydrogen-bond acceptors (Lipinski definition) is 3. The maximum Gasteiger partial charge on any atom is 0.253 e. The molecule has 1 unspecified atom stereocenters. The normalized spacial score (nSPS) is 18.9. The van der Waals surface area contributed by atoms with Crippen molar-refractivity contribution in [2.75, 3.05) is 13.1 Å². The number of likely N-dealkylation sites (tertiary alicyclic amines) is 1. The van der Waals surface area contributed by atoms with Crippen molar-refractivity contribution < 1.29 is 4.79 Å². The molecule has 0 N–H and O–H groups in total. The first-order chi connectivity index (χ1) is 18.9. The van der Waals surface area contributed by atoms with Crippen LogP contribution >= 0.6 is 0 Å². The van der Waals surface area contributed by atoms with Crippen molar-refractivity contribution in [1.29, 1.82) is 0 Å². The molecule has 202 valence electrons. The molecule has 0 saturated carbocycles. The third-order valence-electron chi connectivity index (χ3n) is 8.59. The second kappa shape index (κ2) is 11.7. The number of carbonyl (C=O) groups is 1. The Kier molecular flexibility index (Phi) is 8.11. The lowest BCUT2D eigenvalue weighted by molar-refractivity contribution is 0.0777. The number of nitrogens with zero attached hydrogens (tertiary/aromatic N) is 3. The molecule has 3 aromatic rings. The number of rotatable bonds is 9. The molecule has 1 saturated heterocycles. The van der Waals surface area contributed by atoms with E-state index in [1.165, 1.54) is 16.7 Å². The first-order valence-corrected chi connectivity index (χ1v) is 14.6. The number of amides is 1. The predicted octanol–water partition coefficient (Wildman–Crippen LogP) is 8.41. The fraction of sp³-hybridized carbons (Fsp3) is 0.400. The molecule has 1 aromatic heterocycles. The molecular formula is C35H41N3O. The Hall–Kier alpha value is -3.53. The zero-order chi connectivity index (χ0) is 27.4. The summed E-state index contributed by atoms with van der Waals surface area (Å²) in [6.45, 7) is 12.1. The van der Waals surface area contributed by atoms with E-state index < -0.39 is 0 Å². The van der Waals surface area contributed by atoms with Crippen LogP contribution in [0.3, 0.4) is 0 Å². The number of unbranched alkanes of at least 4 members (excludes halogenated alkanes) is 1. The molecule has 0 radical (unpaired) electrons. The third kappa shape index (κ3) is 5.90. The highest BCUT2D eigenvalue weighted by molar-refractivity contribution is 5.97. The van der Waals surface area contributed by atoms with Gasteiger partial charge in [-0.2, -0.15) is 0 Å². The standard InChI is InChI=1S/C35H41N3O/c1-5-35(29-12-7-6-8-13-29)21-22-38(24-35)34(39)28-19-20-30-32(23-28)36-31(14-10-9-11-25(2)3)33(37-30)27-17-15-26(4)16-18-27/h6-7,12,15-20,23H,2,5,8-11,13-14,21-22,24H2,1,3-4H3. The average molecular weight is 520 g/mol. The molecule has 39 heavy (non-hydrogen) atoms. The summed E-state index contributed by atoms with van der Waals surface area (Å²) in [4.78, 5) is 25.9. The van der Waals surface area contributed by atoms with Gasteiger partial charge in [-0.15, -0.1) is 6.58 Å². The highest BCUT2D eigenvalue weighted by Crippen LogP contribution is 2.44. The summed E-state index contributed by atoms with van der Waals surface area (Å²) in [6, 6.07) is 14.4. The molecule has 2 aliphatic rings. The Balaban J connectivity index is 1.42. The van der Waals surface area contributed by atoms with E-state index in [1.54, 1.807) is 0 Å². The van der Waals surface area contributed by atoms with Crippen molar-refractivity contribution in [2.45, 2.75) is 72.1 Å². The lowest BCUT2D eigenvalue weighted by Gasteiger charge is -2.32. The van der Waals surface area contributed by atoms with Crippen LogP contribution in [0.5, 0.6) is 0 Å². The molecule has 4 heteroatoms.